The zero-order valence-electron chi connectivity index (χ0n) is 17.9. The third-order valence-corrected chi connectivity index (χ3v) is 6.94. The number of benzene rings is 1. The van der Waals surface area contributed by atoms with E-state index in [0.29, 0.717) is 22.2 Å². The predicted octanol–water partition coefficient (Wildman–Crippen LogP) is 6.33. The van der Waals surface area contributed by atoms with Crippen molar-refractivity contribution >= 4 is 28.2 Å². The molecule has 1 N–H and O–H groups in total. The molecule has 1 aromatic carbocycles. The van der Waals surface area contributed by atoms with Crippen molar-refractivity contribution in [1.82, 2.24) is 9.78 Å². The van der Waals surface area contributed by atoms with Crippen LogP contribution in [0.5, 0.6) is 0 Å². The maximum Gasteiger partial charge on any atom is 0.274 e. The molecule has 0 amide bonds. The van der Waals surface area contributed by atoms with Crippen LogP contribution in [-0.2, 0) is 0 Å². The molecule has 1 unspecified atom stereocenters. The van der Waals surface area contributed by atoms with Gasteiger partial charge in [-0.2, -0.15) is 0 Å². The Morgan fingerprint density at radius 1 is 1.32 bits per heavy atom. The van der Waals surface area contributed by atoms with Gasteiger partial charge in [-0.25, -0.2) is 9.07 Å². The smallest absolute Gasteiger partial charge is 0.274 e. The van der Waals surface area contributed by atoms with Gasteiger partial charge in [0.05, 0.1) is 22.7 Å². The van der Waals surface area contributed by atoms with Crippen LogP contribution in [-0.4, -0.2) is 22.5 Å². The van der Waals surface area contributed by atoms with Gasteiger partial charge in [-0.15, -0.1) is 0 Å². The van der Waals surface area contributed by atoms with Gasteiger partial charge in [0.1, 0.15) is 5.83 Å². The van der Waals surface area contributed by atoms with Crippen molar-refractivity contribution in [3.8, 4) is 0 Å². The molecule has 0 spiro atoms. The van der Waals surface area contributed by atoms with Crippen molar-refractivity contribution in [3.63, 3.8) is 0 Å². The second kappa shape index (κ2) is 8.83. The Balaban J connectivity index is 1.54. The number of nitrogens with zero attached hydrogens (tertiary/aromatic N) is 2. The molecule has 1 saturated carbocycles. The Labute approximate surface area is 186 Å². The monoisotopic (exact) mass is 439 g/mol. The summed E-state index contributed by atoms with van der Waals surface area (Å²) in [4.78, 5) is 17.2. The van der Waals surface area contributed by atoms with Gasteiger partial charge in [0.25, 0.3) is 5.56 Å². The van der Waals surface area contributed by atoms with Gasteiger partial charge in [0.2, 0.25) is 0 Å². The van der Waals surface area contributed by atoms with Crippen molar-refractivity contribution in [2.45, 2.75) is 38.6 Å². The Kier molecular flexibility index (Phi) is 6.15. The van der Waals surface area contributed by atoms with Gasteiger partial charge in [0, 0.05) is 17.6 Å². The summed E-state index contributed by atoms with van der Waals surface area (Å²) in [6.45, 7) is 6.10. The number of hydrogen-bond acceptors (Lipinski definition) is 2. The quantitative estimate of drug-likeness (QED) is 0.594. The molecule has 0 bridgehead atoms. The summed E-state index contributed by atoms with van der Waals surface area (Å²) in [5, 5.41) is 4.43. The van der Waals surface area contributed by atoms with E-state index in [0.717, 1.165) is 48.1 Å². The number of halogens is 2. The summed E-state index contributed by atoms with van der Waals surface area (Å²) in [6.07, 6.45) is 10.5. The van der Waals surface area contributed by atoms with Gasteiger partial charge in [-0.1, -0.05) is 24.3 Å². The fourth-order valence-electron chi connectivity index (χ4n) is 4.94. The molecule has 0 aliphatic heterocycles. The lowest BCUT2D eigenvalue weighted by atomic mass is 9.74. The van der Waals surface area contributed by atoms with E-state index in [1.807, 2.05) is 12.1 Å². The molecule has 1 aromatic heterocycles. The molecule has 1 atom stereocenters. The van der Waals surface area contributed by atoms with Crippen molar-refractivity contribution in [1.29, 1.82) is 0 Å². The number of nitrogens with one attached hydrogen (secondary N) is 1. The summed E-state index contributed by atoms with van der Waals surface area (Å²) in [7, 11) is 1.72. The van der Waals surface area contributed by atoms with E-state index in [1.165, 1.54) is 6.08 Å². The minimum atomic E-state index is -0.262. The highest BCUT2D eigenvalue weighted by Crippen LogP contribution is 2.40. The molecule has 4 rings (SSSR count). The van der Waals surface area contributed by atoms with E-state index in [9.17, 15) is 9.18 Å². The van der Waals surface area contributed by atoms with E-state index in [2.05, 4.69) is 23.6 Å². The number of rotatable bonds is 4. The summed E-state index contributed by atoms with van der Waals surface area (Å²) >= 11 is 6.07. The fourth-order valence-corrected chi connectivity index (χ4v) is 5.11. The fraction of sp³-hybridized carbons (Fsp3) is 0.360. The Morgan fingerprint density at radius 2 is 2.06 bits per heavy atom. The van der Waals surface area contributed by atoms with Crippen LogP contribution >= 0.6 is 11.6 Å². The molecule has 4 nitrogen and oxygen atoms in total. The van der Waals surface area contributed by atoms with E-state index < -0.39 is 0 Å². The second-order valence-corrected chi connectivity index (χ2v) is 8.81. The molecule has 162 valence electrons. The van der Waals surface area contributed by atoms with E-state index >= 15 is 0 Å². The van der Waals surface area contributed by atoms with Crippen molar-refractivity contribution < 1.29 is 4.39 Å². The Morgan fingerprint density at radius 3 is 2.74 bits per heavy atom. The maximum atomic E-state index is 13.9. The number of aromatic nitrogens is 2. The Hall–Kier alpha value is -2.66. The number of H-pyrrole nitrogens is 1. The van der Waals surface area contributed by atoms with Crippen molar-refractivity contribution in [2.75, 3.05) is 7.05 Å². The lowest BCUT2D eigenvalue weighted by molar-refractivity contribution is 0.220. The summed E-state index contributed by atoms with van der Waals surface area (Å²) in [5.41, 5.74) is 3.45. The maximum absolute atomic E-state index is 13.9. The van der Waals surface area contributed by atoms with Crippen LogP contribution in [0.1, 0.15) is 38.6 Å². The second-order valence-electron chi connectivity index (χ2n) is 8.37. The first-order valence-corrected chi connectivity index (χ1v) is 11.1. The normalized spacial score (nSPS) is 25.5. The first-order chi connectivity index (χ1) is 14.9. The average Bonchev–Trinajstić information content (AvgIpc) is 3.10. The van der Waals surface area contributed by atoms with Gasteiger partial charge in [-0.3, -0.25) is 14.9 Å². The molecule has 31 heavy (non-hydrogen) atoms. The van der Waals surface area contributed by atoms with E-state index in [4.69, 9.17) is 11.6 Å². The minimum absolute atomic E-state index is 0.0283. The molecule has 1 fully saturated rings. The van der Waals surface area contributed by atoms with E-state index in [1.54, 1.807) is 36.0 Å². The SMILES string of the molecule is C=C/C(=C1/C=C(F)C=CC1=NC)C1CCC(C(C)n2[nH]c3ccc(Cl)cc3c2=O)CC1. The van der Waals surface area contributed by atoms with Crippen molar-refractivity contribution in [3.05, 3.63) is 81.4 Å². The summed E-state index contributed by atoms with van der Waals surface area (Å²) < 4.78 is 15.7. The average molecular weight is 440 g/mol. The topological polar surface area (TPSA) is 50.1 Å². The van der Waals surface area contributed by atoms with Crippen LogP contribution in [0.2, 0.25) is 5.02 Å². The van der Waals surface area contributed by atoms with E-state index in [-0.39, 0.29) is 17.4 Å². The van der Waals surface area contributed by atoms with Crippen molar-refractivity contribution in [2.24, 2.45) is 16.8 Å². The standard InChI is InChI=1S/C25H27ClFN3O/c1-4-20(21-14-19(27)10-12-23(21)28-3)17-7-5-16(6-8-17)15(2)30-25(31)22-13-18(26)9-11-24(22)29-30/h4,9-17,29H,1,5-8H2,2-3H3/b21-20+,28-23?. The first kappa shape index (κ1) is 21.6. The highest BCUT2D eigenvalue weighted by atomic mass is 35.5. The van der Waals surface area contributed by atoms with Gasteiger partial charge in [0.15, 0.2) is 0 Å². The number of fused-ring (bicyclic) bond motifs is 1. The molecule has 6 heteroatoms. The lowest BCUT2D eigenvalue weighted by Gasteiger charge is -2.33. The molecule has 1 heterocycles. The highest BCUT2D eigenvalue weighted by Gasteiger charge is 2.30. The van der Waals surface area contributed by atoms with Crippen LogP contribution in [0.15, 0.2) is 75.8 Å². The van der Waals surface area contributed by atoms with Crippen LogP contribution in [0.3, 0.4) is 0 Å². The van der Waals surface area contributed by atoms with Gasteiger partial charge >= 0.3 is 0 Å². The number of aromatic amines is 1. The first-order valence-electron chi connectivity index (χ1n) is 10.7. The van der Waals surface area contributed by atoms with Crippen LogP contribution in [0.4, 0.5) is 4.39 Å². The Bertz CT molecular complexity index is 1190. The largest absolute Gasteiger partial charge is 0.295 e. The summed E-state index contributed by atoms with van der Waals surface area (Å²) in [5.74, 6) is 0.426. The molecule has 0 radical (unpaired) electrons. The third kappa shape index (κ3) is 4.11. The van der Waals surface area contributed by atoms with Gasteiger partial charge < -0.3 is 0 Å². The van der Waals surface area contributed by atoms with Crippen LogP contribution < -0.4 is 5.56 Å². The highest BCUT2D eigenvalue weighted by molar-refractivity contribution is 6.31. The zero-order chi connectivity index (χ0) is 22.1. The number of hydrogen-bond donors (Lipinski definition) is 1. The molecule has 2 aliphatic rings. The molecule has 2 aromatic rings. The molecule has 2 aliphatic carbocycles. The minimum Gasteiger partial charge on any atom is -0.295 e. The van der Waals surface area contributed by atoms with Crippen LogP contribution in [0, 0.1) is 11.8 Å². The third-order valence-electron chi connectivity index (χ3n) is 6.70. The summed E-state index contributed by atoms with van der Waals surface area (Å²) in [6, 6.07) is 5.41. The predicted molar refractivity (Wildman–Crippen MR) is 127 cm³/mol. The lowest BCUT2D eigenvalue weighted by Crippen LogP contribution is -2.29. The molecular formula is C25H27ClFN3O. The molecule has 0 saturated heterocycles. The van der Waals surface area contributed by atoms with Crippen LogP contribution in [0.25, 0.3) is 10.9 Å². The number of aliphatic imine (C=N–C) groups is 1. The molecular weight excluding hydrogens is 413 g/mol. The number of allylic oxidation sites excluding steroid dienone is 7. The van der Waals surface area contributed by atoms with Gasteiger partial charge in [-0.05, 0) is 86.4 Å². The zero-order valence-corrected chi connectivity index (χ0v) is 18.6.